The van der Waals surface area contributed by atoms with Crippen molar-refractivity contribution in [1.29, 1.82) is 0 Å². The standard InChI is InChI=1S/C15H21NO3/c1-16-13-9-5-8-12(14(13)17)15(18)19-10-11-6-3-2-4-7-11/h2-4,6-7,12-14,16-17H,5,8-10H2,1H3/t12-,13-,14+/m0/s1. The molecule has 0 saturated heterocycles. The van der Waals surface area contributed by atoms with E-state index in [0.29, 0.717) is 6.42 Å². The Hall–Kier alpha value is -1.39. The van der Waals surface area contributed by atoms with E-state index in [4.69, 9.17) is 4.74 Å². The van der Waals surface area contributed by atoms with Gasteiger partial charge in [-0.1, -0.05) is 36.8 Å². The van der Waals surface area contributed by atoms with Crippen LogP contribution in [0.15, 0.2) is 30.3 Å². The molecule has 1 aromatic rings. The van der Waals surface area contributed by atoms with Crippen molar-refractivity contribution in [2.24, 2.45) is 5.92 Å². The van der Waals surface area contributed by atoms with E-state index in [1.165, 1.54) is 0 Å². The van der Waals surface area contributed by atoms with Crippen LogP contribution in [0.4, 0.5) is 0 Å². The molecule has 0 heterocycles. The number of hydrogen-bond acceptors (Lipinski definition) is 4. The highest BCUT2D eigenvalue weighted by Gasteiger charge is 2.36. The lowest BCUT2D eigenvalue weighted by atomic mass is 9.83. The van der Waals surface area contributed by atoms with E-state index in [0.717, 1.165) is 18.4 Å². The maximum atomic E-state index is 12.0. The molecule has 1 fully saturated rings. The van der Waals surface area contributed by atoms with Gasteiger partial charge in [0.25, 0.3) is 0 Å². The molecule has 1 aliphatic rings. The number of ether oxygens (including phenoxy) is 1. The number of aliphatic hydroxyl groups excluding tert-OH is 1. The van der Waals surface area contributed by atoms with E-state index in [-0.39, 0.29) is 18.6 Å². The second-order valence-electron chi connectivity index (χ2n) is 5.02. The Morgan fingerprint density at radius 1 is 1.37 bits per heavy atom. The van der Waals surface area contributed by atoms with Gasteiger partial charge in [-0.2, -0.15) is 0 Å². The van der Waals surface area contributed by atoms with E-state index in [1.807, 2.05) is 37.4 Å². The van der Waals surface area contributed by atoms with E-state index >= 15 is 0 Å². The Balaban J connectivity index is 1.89. The molecular weight excluding hydrogens is 242 g/mol. The van der Waals surface area contributed by atoms with Crippen LogP contribution in [0.5, 0.6) is 0 Å². The van der Waals surface area contributed by atoms with E-state index in [9.17, 15) is 9.90 Å². The number of esters is 1. The van der Waals surface area contributed by atoms with Crippen molar-refractivity contribution < 1.29 is 14.6 Å². The van der Waals surface area contributed by atoms with Crippen LogP contribution in [-0.2, 0) is 16.1 Å². The molecule has 0 aromatic heterocycles. The third-order valence-corrected chi connectivity index (χ3v) is 3.75. The molecule has 4 heteroatoms. The summed E-state index contributed by atoms with van der Waals surface area (Å²) in [5, 5.41) is 13.2. The van der Waals surface area contributed by atoms with Crippen LogP contribution in [-0.4, -0.2) is 30.3 Å². The Morgan fingerprint density at radius 3 is 2.79 bits per heavy atom. The van der Waals surface area contributed by atoms with Gasteiger partial charge in [-0.05, 0) is 25.5 Å². The smallest absolute Gasteiger partial charge is 0.311 e. The molecule has 104 valence electrons. The minimum atomic E-state index is -0.651. The minimum Gasteiger partial charge on any atom is -0.461 e. The molecule has 2 rings (SSSR count). The number of carbonyl (C=O) groups excluding carboxylic acids is 1. The van der Waals surface area contributed by atoms with Gasteiger partial charge in [0, 0.05) is 6.04 Å². The average molecular weight is 263 g/mol. The predicted octanol–water partition coefficient (Wildman–Crippen LogP) is 1.48. The van der Waals surface area contributed by atoms with Gasteiger partial charge in [0.15, 0.2) is 0 Å². The number of aliphatic hydroxyl groups is 1. The summed E-state index contributed by atoms with van der Waals surface area (Å²) in [4.78, 5) is 12.0. The average Bonchev–Trinajstić information content (AvgIpc) is 2.46. The molecular formula is C15H21NO3. The number of benzene rings is 1. The van der Waals surface area contributed by atoms with Crippen LogP contribution in [0.2, 0.25) is 0 Å². The number of likely N-dealkylation sites (N-methyl/N-ethyl adjacent to an activating group) is 1. The van der Waals surface area contributed by atoms with Crippen LogP contribution < -0.4 is 5.32 Å². The third-order valence-electron chi connectivity index (χ3n) is 3.75. The highest BCUT2D eigenvalue weighted by molar-refractivity contribution is 5.73. The molecule has 1 saturated carbocycles. The molecule has 0 aliphatic heterocycles. The lowest BCUT2D eigenvalue weighted by Crippen LogP contribution is -2.48. The Kier molecular flexibility index (Phi) is 4.93. The van der Waals surface area contributed by atoms with Crippen LogP contribution in [0.1, 0.15) is 24.8 Å². The van der Waals surface area contributed by atoms with Crippen molar-refractivity contribution in [2.75, 3.05) is 7.05 Å². The molecule has 0 bridgehead atoms. The highest BCUT2D eigenvalue weighted by atomic mass is 16.5. The molecule has 2 N–H and O–H groups in total. The van der Waals surface area contributed by atoms with E-state index in [2.05, 4.69) is 5.32 Å². The molecule has 3 atom stereocenters. The zero-order valence-corrected chi connectivity index (χ0v) is 11.2. The molecule has 0 radical (unpaired) electrons. The maximum absolute atomic E-state index is 12.0. The Morgan fingerprint density at radius 2 is 2.11 bits per heavy atom. The van der Waals surface area contributed by atoms with Gasteiger partial charge in [-0.3, -0.25) is 4.79 Å². The fourth-order valence-electron chi connectivity index (χ4n) is 2.59. The molecule has 0 unspecified atom stereocenters. The second kappa shape index (κ2) is 6.68. The molecule has 1 aliphatic carbocycles. The summed E-state index contributed by atoms with van der Waals surface area (Å²) in [5.74, 6) is -0.703. The summed E-state index contributed by atoms with van der Waals surface area (Å²) >= 11 is 0. The lowest BCUT2D eigenvalue weighted by Gasteiger charge is -2.33. The van der Waals surface area contributed by atoms with E-state index in [1.54, 1.807) is 0 Å². The second-order valence-corrected chi connectivity index (χ2v) is 5.02. The van der Waals surface area contributed by atoms with Gasteiger partial charge in [0.05, 0.1) is 12.0 Å². The van der Waals surface area contributed by atoms with Gasteiger partial charge >= 0.3 is 5.97 Å². The maximum Gasteiger partial charge on any atom is 0.311 e. The topological polar surface area (TPSA) is 58.6 Å². The first-order valence-corrected chi connectivity index (χ1v) is 6.78. The molecule has 1 aromatic carbocycles. The number of nitrogens with one attached hydrogen (secondary N) is 1. The number of rotatable bonds is 4. The first kappa shape index (κ1) is 14.0. The normalized spacial score (nSPS) is 26.9. The van der Waals surface area contributed by atoms with E-state index < -0.39 is 12.0 Å². The fraction of sp³-hybridized carbons (Fsp3) is 0.533. The SMILES string of the molecule is CN[C@H]1CCC[C@H](C(=O)OCc2ccccc2)[C@H]1O. The summed E-state index contributed by atoms with van der Waals surface area (Å²) in [7, 11) is 1.81. The zero-order valence-electron chi connectivity index (χ0n) is 11.2. The van der Waals surface area contributed by atoms with Crippen molar-refractivity contribution in [3.05, 3.63) is 35.9 Å². The lowest BCUT2D eigenvalue weighted by molar-refractivity contribution is -0.156. The third kappa shape index (κ3) is 3.55. The Labute approximate surface area is 113 Å². The molecule has 0 spiro atoms. The molecule has 19 heavy (non-hydrogen) atoms. The van der Waals surface area contributed by atoms with Gasteiger partial charge in [0.1, 0.15) is 6.61 Å². The van der Waals surface area contributed by atoms with Gasteiger partial charge in [0.2, 0.25) is 0 Å². The van der Waals surface area contributed by atoms with Gasteiger partial charge in [-0.15, -0.1) is 0 Å². The largest absolute Gasteiger partial charge is 0.461 e. The summed E-state index contributed by atoms with van der Waals surface area (Å²) in [6, 6.07) is 9.57. The zero-order chi connectivity index (χ0) is 13.7. The van der Waals surface area contributed by atoms with Gasteiger partial charge in [-0.25, -0.2) is 0 Å². The van der Waals surface area contributed by atoms with Gasteiger partial charge < -0.3 is 15.2 Å². The monoisotopic (exact) mass is 263 g/mol. The summed E-state index contributed by atoms with van der Waals surface area (Å²) in [5.41, 5.74) is 0.964. The first-order valence-electron chi connectivity index (χ1n) is 6.78. The quantitative estimate of drug-likeness (QED) is 0.808. The van der Waals surface area contributed by atoms with Crippen molar-refractivity contribution in [3.63, 3.8) is 0 Å². The van der Waals surface area contributed by atoms with Crippen LogP contribution >= 0.6 is 0 Å². The van der Waals surface area contributed by atoms with Crippen LogP contribution in [0.25, 0.3) is 0 Å². The minimum absolute atomic E-state index is 0.0111. The summed E-state index contributed by atoms with van der Waals surface area (Å²) < 4.78 is 5.30. The Bertz CT molecular complexity index is 407. The number of carbonyl (C=O) groups is 1. The van der Waals surface area contributed by atoms with Crippen molar-refractivity contribution in [3.8, 4) is 0 Å². The number of hydrogen-bond donors (Lipinski definition) is 2. The molecule has 4 nitrogen and oxygen atoms in total. The highest BCUT2D eigenvalue weighted by Crippen LogP contribution is 2.26. The van der Waals surface area contributed by atoms with Crippen LogP contribution in [0.3, 0.4) is 0 Å². The van der Waals surface area contributed by atoms with Crippen molar-refractivity contribution in [2.45, 2.75) is 38.0 Å². The van der Waals surface area contributed by atoms with Crippen molar-refractivity contribution >= 4 is 5.97 Å². The van der Waals surface area contributed by atoms with Crippen molar-refractivity contribution in [1.82, 2.24) is 5.32 Å². The van der Waals surface area contributed by atoms with Crippen LogP contribution in [0, 0.1) is 5.92 Å². The summed E-state index contributed by atoms with van der Waals surface area (Å²) in [6.07, 6.45) is 1.89. The fourth-order valence-corrected chi connectivity index (χ4v) is 2.59. The first-order chi connectivity index (χ1) is 9.22. The summed E-state index contributed by atoms with van der Waals surface area (Å²) in [6.45, 7) is 0.271. The predicted molar refractivity (Wildman–Crippen MR) is 72.4 cm³/mol. The molecule has 0 amide bonds.